The van der Waals surface area contributed by atoms with Gasteiger partial charge in [0.15, 0.2) is 0 Å². The minimum absolute atomic E-state index is 0.0606. The van der Waals surface area contributed by atoms with E-state index >= 15 is 0 Å². The van der Waals surface area contributed by atoms with Crippen LogP contribution in [0.15, 0.2) is 12.4 Å². The van der Waals surface area contributed by atoms with Gasteiger partial charge in [0.2, 0.25) is 5.91 Å². The van der Waals surface area contributed by atoms with E-state index in [4.69, 9.17) is 0 Å². The first-order valence-corrected chi connectivity index (χ1v) is 8.54. The van der Waals surface area contributed by atoms with Gasteiger partial charge in [-0.1, -0.05) is 6.92 Å². The molecule has 2 rings (SSSR count). The van der Waals surface area contributed by atoms with E-state index in [0.29, 0.717) is 13.0 Å². The smallest absolute Gasteiger partial charge is 0.222 e. The summed E-state index contributed by atoms with van der Waals surface area (Å²) in [6.07, 6.45) is 6.24. The van der Waals surface area contributed by atoms with Crippen LogP contribution in [0.25, 0.3) is 0 Å². The van der Waals surface area contributed by atoms with Crippen LogP contribution in [0.2, 0.25) is 0 Å². The zero-order chi connectivity index (χ0) is 16.1. The average Bonchev–Trinajstić information content (AvgIpc) is 3.03. The van der Waals surface area contributed by atoms with Crippen LogP contribution < -0.4 is 5.32 Å². The summed E-state index contributed by atoms with van der Waals surface area (Å²) in [5, 5.41) is 4.16. The van der Waals surface area contributed by atoms with Gasteiger partial charge in [-0.3, -0.25) is 4.79 Å². The Kier molecular flexibility index (Phi) is 5.71. The summed E-state index contributed by atoms with van der Waals surface area (Å²) in [6.45, 7) is 8.71. The van der Waals surface area contributed by atoms with Gasteiger partial charge < -0.3 is 9.88 Å². The number of thiazole rings is 1. The number of nitrogens with zero attached hydrogens (tertiary/aromatic N) is 3. The van der Waals surface area contributed by atoms with Crippen LogP contribution in [-0.4, -0.2) is 20.4 Å². The Bertz CT molecular complexity index is 632. The van der Waals surface area contributed by atoms with Crippen LogP contribution in [-0.2, 0) is 17.8 Å². The molecule has 0 aliphatic heterocycles. The summed E-state index contributed by atoms with van der Waals surface area (Å²) in [5.74, 6) is 0.994. The highest BCUT2D eigenvalue weighted by atomic mass is 32.1. The Balaban J connectivity index is 1.86. The molecule has 22 heavy (non-hydrogen) atoms. The van der Waals surface area contributed by atoms with E-state index in [2.05, 4.69) is 22.2 Å². The van der Waals surface area contributed by atoms with Crippen molar-refractivity contribution in [2.24, 2.45) is 0 Å². The maximum Gasteiger partial charge on any atom is 0.222 e. The second-order valence-corrected chi connectivity index (χ2v) is 6.75. The number of rotatable bonds is 7. The molecular weight excluding hydrogens is 296 g/mol. The van der Waals surface area contributed by atoms with Crippen LogP contribution in [0.4, 0.5) is 0 Å². The highest BCUT2D eigenvalue weighted by Crippen LogP contribution is 2.19. The first-order chi connectivity index (χ1) is 10.5. The molecule has 0 aliphatic carbocycles. The average molecular weight is 320 g/mol. The Labute approximate surface area is 135 Å². The van der Waals surface area contributed by atoms with E-state index in [-0.39, 0.29) is 11.9 Å². The number of amides is 1. The third-order valence-electron chi connectivity index (χ3n) is 3.66. The Morgan fingerprint density at radius 3 is 2.86 bits per heavy atom. The highest BCUT2D eigenvalue weighted by Gasteiger charge is 2.13. The molecule has 0 spiro atoms. The monoisotopic (exact) mass is 320 g/mol. The zero-order valence-electron chi connectivity index (χ0n) is 13.7. The molecule has 2 aromatic heterocycles. The quantitative estimate of drug-likeness (QED) is 0.852. The molecule has 5 nitrogen and oxygen atoms in total. The number of hydrogen-bond acceptors (Lipinski definition) is 4. The van der Waals surface area contributed by atoms with Gasteiger partial charge in [0.1, 0.15) is 5.82 Å². The molecule has 2 aromatic rings. The maximum atomic E-state index is 12.1. The van der Waals surface area contributed by atoms with Gasteiger partial charge in [0, 0.05) is 29.7 Å². The summed E-state index contributed by atoms with van der Waals surface area (Å²) < 4.78 is 2.02. The fourth-order valence-corrected chi connectivity index (χ4v) is 3.56. The molecule has 1 atom stereocenters. The largest absolute Gasteiger partial charge is 0.351 e. The van der Waals surface area contributed by atoms with Crippen LogP contribution in [0.1, 0.15) is 54.1 Å². The third-order valence-corrected chi connectivity index (χ3v) is 4.88. The highest BCUT2D eigenvalue weighted by molar-refractivity contribution is 7.11. The van der Waals surface area contributed by atoms with Crippen molar-refractivity contribution in [3.8, 4) is 0 Å². The van der Waals surface area contributed by atoms with Crippen LogP contribution in [0, 0.1) is 13.8 Å². The third kappa shape index (κ3) is 4.16. The number of hydrogen-bond donors (Lipinski definition) is 1. The van der Waals surface area contributed by atoms with Gasteiger partial charge in [-0.25, -0.2) is 9.97 Å². The second kappa shape index (κ2) is 7.54. The van der Waals surface area contributed by atoms with E-state index in [9.17, 15) is 4.79 Å². The topological polar surface area (TPSA) is 59.8 Å². The van der Waals surface area contributed by atoms with Crippen molar-refractivity contribution in [3.63, 3.8) is 0 Å². The summed E-state index contributed by atoms with van der Waals surface area (Å²) in [7, 11) is 0. The lowest BCUT2D eigenvalue weighted by molar-refractivity contribution is -0.121. The van der Waals surface area contributed by atoms with E-state index < -0.39 is 0 Å². The molecule has 0 aromatic carbocycles. The van der Waals surface area contributed by atoms with E-state index in [0.717, 1.165) is 34.2 Å². The van der Waals surface area contributed by atoms with Crippen molar-refractivity contribution in [1.82, 2.24) is 19.9 Å². The van der Waals surface area contributed by atoms with Crippen molar-refractivity contribution in [2.45, 2.75) is 59.5 Å². The van der Waals surface area contributed by atoms with Crippen LogP contribution in [0.3, 0.4) is 0 Å². The van der Waals surface area contributed by atoms with Gasteiger partial charge in [-0.2, -0.15) is 0 Å². The van der Waals surface area contributed by atoms with E-state index in [1.807, 2.05) is 31.5 Å². The molecule has 1 N–H and O–H groups in total. The molecule has 0 radical (unpaired) electrons. The van der Waals surface area contributed by atoms with E-state index in [1.165, 1.54) is 0 Å². The van der Waals surface area contributed by atoms with Crippen molar-refractivity contribution >= 4 is 17.2 Å². The molecule has 0 fully saturated rings. The fraction of sp³-hybridized carbons (Fsp3) is 0.562. The first kappa shape index (κ1) is 16.7. The lowest BCUT2D eigenvalue weighted by Gasteiger charge is -2.14. The minimum Gasteiger partial charge on any atom is -0.351 e. The maximum absolute atomic E-state index is 12.1. The standard InChI is InChI=1S/C16H24N4OS/c1-5-6-16-19-12(3)14(22-16)10-18-15(21)9-11(2)20-8-7-17-13(20)4/h7-8,11H,5-6,9-10H2,1-4H3,(H,18,21)/t11-/m1/s1. The number of imidazole rings is 1. The number of nitrogens with one attached hydrogen (secondary N) is 1. The molecule has 6 heteroatoms. The summed E-state index contributed by atoms with van der Waals surface area (Å²) >= 11 is 1.70. The van der Waals surface area contributed by atoms with Gasteiger partial charge in [0.25, 0.3) is 0 Å². The summed E-state index contributed by atoms with van der Waals surface area (Å²) in [5.41, 5.74) is 1.03. The SMILES string of the molecule is CCCc1nc(C)c(CNC(=O)C[C@@H](C)n2ccnc2C)s1. The summed E-state index contributed by atoms with van der Waals surface area (Å²) in [4.78, 5) is 22.0. The van der Waals surface area contributed by atoms with Crippen molar-refractivity contribution in [1.29, 1.82) is 0 Å². The normalized spacial score (nSPS) is 12.4. The molecule has 0 bridgehead atoms. The van der Waals surface area contributed by atoms with Crippen molar-refractivity contribution < 1.29 is 4.79 Å². The van der Waals surface area contributed by atoms with E-state index in [1.54, 1.807) is 17.5 Å². The van der Waals surface area contributed by atoms with Crippen LogP contribution >= 0.6 is 11.3 Å². The molecule has 1 amide bonds. The lowest BCUT2D eigenvalue weighted by Crippen LogP contribution is -2.25. The van der Waals surface area contributed by atoms with Gasteiger partial charge in [-0.15, -0.1) is 11.3 Å². The zero-order valence-corrected chi connectivity index (χ0v) is 14.5. The molecule has 0 aliphatic rings. The van der Waals surface area contributed by atoms with Gasteiger partial charge in [-0.05, 0) is 33.6 Å². The van der Waals surface area contributed by atoms with Crippen LogP contribution in [0.5, 0.6) is 0 Å². The Morgan fingerprint density at radius 2 is 2.23 bits per heavy atom. The molecular formula is C16H24N4OS. The minimum atomic E-state index is 0.0606. The second-order valence-electron chi connectivity index (χ2n) is 5.58. The fourth-order valence-electron chi connectivity index (χ4n) is 2.44. The molecule has 0 saturated heterocycles. The van der Waals surface area contributed by atoms with Crippen molar-refractivity contribution in [3.05, 3.63) is 33.8 Å². The first-order valence-electron chi connectivity index (χ1n) is 7.72. The number of carbonyl (C=O) groups is 1. The Morgan fingerprint density at radius 1 is 1.45 bits per heavy atom. The lowest BCUT2D eigenvalue weighted by atomic mass is 10.2. The Hall–Kier alpha value is -1.69. The van der Waals surface area contributed by atoms with Gasteiger partial charge in [0.05, 0.1) is 17.2 Å². The number of aryl methyl sites for hydroxylation is 3. The summed E-state index contributed by atoms with van der Waals surface area (Å²) in [6, 6.07) is 0.112. The number of aromatic nitrogens is 3. The van der Waals surface area contributed by atoms with Crippen molar-refractivity contribution in [2.75, 3.05) is 0 Å². The molecule has 0 saturated carbocycles. The molecule has 0 unspecified atom stereocenters. The van der Waals surface area contributed by atoms with Gasteiger partial charge >= 0.3 is 0 Å². The predicted molar refractivity (Wildman–Crippen MR) is 89.0 cm³/mol. The predicted octanol–water partition coefficient (Wildman–Crippen LogP) is 3.18. The molecule has 120 valence electrons. The molecule has 2 heterocycles. The number of carbonyl (C=O) groups excluding carboxylic acids is 1.